The zero-order chi connectivity index (χ0) is 24.5. The minimum absolute atomic E-state index is 0.111. The lowest BCUT2D eigenvalue weighted by Gasteiger charge is -2.18. The van der Waals surface area contributed by atoms with Crippen LogP contribution in [0.4, 0.5) is 5.69 Å². The van der Waals surface area contributed by atoms with E-state index in [4.69, 9.17) is 9.72 Å². The van der Waals surface area contributed by atoms with Gasteiger partial charge >= 0.3 is 0 Å². The molecule has 1 aromatic heterocycles. The van der Waals surface area contributed by atoms with Gasteiger partial charge in [0.25, 0.3) is 0 Å². The predicted molar refractivity (Wildman–Crippen MR) is 144 cm³/mol. The fourth-order valence-electron chi connectivity index (χ4n) is 5.29. The van der Waals surface area contributed by atoms with Crippen LogP contribution >= 0.6 is 0 Å². The number of anilines is 1. The quantitative estimate of drug-likeness (QED) is 0.227. The summed E-state index contributed by atoms with van der Waals surface area (Å²) in [7, 11) is 1.66. The number of aryl methyl sites for hydroxylation is 1. The Morgan fingerprint density at radius 3 is 2.23 bits per heavy atom. The van der Waals surface area contributed by atoms with Crippen molar-refractivity contribution in [3.63, 3.8) is 0 Å². The van der Waals surface area contributed by atoms with Crippen molar-refractivity contribution in [1.82, 2.24) is 9.55 Å². The molecule has 35 heavy (non-hydrogen) atoms. The zero-order valence-electron chi connectivity index (χ0n) is 21.5. The summed E-state index contributed by atoms with van der Waals surface area (Å²) in [4.78, 5) is 19.9. The normalized spacial score (nSPS) is 15.9. The number of unbranched alkanes of at least 4 members (excludes halogenated alkanes) is 9. The molecule has 2 aromatic carbocycles. The molecule has 1 fully saturated rings. The van der Waals surface area contributed by atoms with E-state index in [9.17, 15) is 4.79 Å². The number of carbonyl (C=O) groups excluding carboxylic acids is 1. The third kappa shape index (κ3) is 6.45. The second-order valence-electron chi connectivity index (χ2n) is 9.90. The molecule has 0 aliphatic carbocycles. The molecule has 2 heterocycles. The number of fused-ring (bicyclic) bond motifs is 1. The van der Waals surface area contributed by atoms with Gasteiger partial charge in [-0.05, 0) is 42.8 Å². The second kappa shape index (κ2) is 12.8. The first kappa shape index (κ1) is 25.3. The predicted octanol–water partition coefficient (Wildman–Crippen LogP) is 7.49. The van der Waals surface area contributed by atoms with Gasteiger partial charge in [0.2, 0.25) is 5.91 Å². The number of carbonyl (C=O) groups is 1. The number of nitrogens with zero attached hydrogens (tertiary/aromatic N) is 3. The summed E-state index contributed by atoms with van der Waals surface area (Å²) in [6, 6.07) is 16.1. The average Bonchev–Trinajstić information content (AvgIpc) is 3.45. The van der Waals surface area contributed by atoms with Crippen LogP contribution in [-0.2, 0) is 11.3 Å². The van der Waals surface area contributed by atoms with Gasteiger partial charge in [-0.25, -0.2) is 4.98 Å². The lowest BCUT2D eigenvalue weighted by molar-refractivity contribution is -0.117. The highest BCUT2D eigenvalue weighted by atomic mass is 16.5. The Hall–Kier alpha value is -2.82. The van der Waals surface area contributed by atoms with Crippen LogP contribution in [0.5, 0.6) is 5.75 Å². The monoisotopic (exact) mass is 475 g/mol. The number of hydrogen-bond donors (Lipinski definition) is 0. The summed E-state index contributed by atoms with van der Waals surface area (Å²) in [5.74, 6) is 2.14. The molecule has 5 nitrogen and oxygen atoms in total. The van der Waals surface area contributed by atoms with Gasteiger partial charge in [-0.1, -0.05) is 76.8 Å². The molecule has 0 bridgehead atoms. The van der Waals surface area contributed by atoms with E-state index >= 15 is 0 Å². The number of rotatable bonds is 14. The van der Waals surface area contributed by atoms with Crippen molar-refractivity contribution in [2.45, 2.75) is 90.0 Å². The van der Waals surface area contributed by atoms with Crippen LogP contribution in [0.25, 0.3) is 11.0 Å². The van der Waals surface area contributed by atoms with Gasteiger partial charge in [-0.3, -0.25) is 4.79 Å². The summed E-state index contributed by atoms with van der Waals surface area (Å²) in [6.45, 7) is 3.92. The number of hydrogen-bond acceptors (Lipinski definition) is 3. The zero-order valence-corrected chi connectivity index (χ0v) is 21.5. The van der Waals surface area contributed by atoms with E-state index in [1.165, 1.54) is 63.3 Å². The fraction of sp³-hybridized carbons (Fsp3) is 0.533. The van der Waals surface area contributed by atoms with Crippen molar-refractivity contribution < 1.29 is 9.53 Å². The lowest BCUT2D eigenvalue weighted by Crippen LogP contribution is -2.24. The Morgan fingerprint density at radius 2 is 1.54 bits per heavy atom. The number of amides is 1. The summed E-state index contributed by atoms with van der Waals surface area (Å²) in [5.41, 5.74) is 3.15. The molecule has 4 rings (SSSR count). The van der Waals surface area contributed by atoms with E-state index in [0.717, 1.165) is 35.7 Å². The minimum Gasteiger partial charge on any atom is -0.497 e. The summed E-state index contributed by atoms with van der Waals surface area (Å²) >= 11 is 0. The van der Waals surface area contributed by atoms with E-state index in [1.807, 2.05) is 35.2 Å². The van der Waals surface area contributed by atoms with Crippen LogP contribution in [0.3, 0.4) is 0 Å². The third-order valence-corrected chi connectivity index (χ3v) is 7.29. The van der Waals surface area contributed by atoms with E-state index in [2.05, 4.69) is 29.7 Å². The minimum atomic E-state index is 0.111. The maximum Gasteiger partial charge on any atom is 0.227 e. The van der Waals surface area contributed by atoms with Crippen molar-refractivity contribution in [1.29, 1.82) is 0 Å². The Morgan fingerprint density at radius 1 is 0.886 bits per heavy atom. The molecule has 0 spiro atoms. The van der Waals surface area contributed by atoms with Crippen LogP contribution in [0.15, 0.2) is 48.5 Å². The molecule has 1 atom stereocenters. The topological polar surface area (TPSA) is 47.4 Å². The number of imidazole rings is 1. The van der Waals surface area contributed by atoms with Gasteiger partial charge < -0.3 is 14.2 Å². The highest BCUT2D eigenvalue weighted by Crippen LogP contribution is 2.34. The molecular formula is C30H41N3O2. The van der Waals surface area contributed by atoms with E-state index in [1.54, 1.807) is 7.11 Å². The van der Waals surface area contributed by atoms with Gasteiger partial charge in [-0.15, -0.1) is 0 Å². The first-order chi connectivity index (χ1) is 17.2. The van der Waals surface area contributed by atoms with Crippen LogP contribution in [0, 0.1) is 0 Å². The summed E-state index contributed by atoms with van der Waals surface area (Å²) < 4.78 is 7.65. The molecular weight excluding hydrogens is 434 g/mol. The van der Waals surface area contributed by atoms with Crippen LogP contribution in [0.1, 0.15) is 89.3 Å². The fourth-order valence-corrected chi connectivity index (χ4v) is 5.29. The van der Waals surface area contributed by atoms with Crippen LogP contribution in [-0.4, -0.2) is 29.1 Å². The Labute approximate surface area is 210 Å². The standard InChI is InChI=1S/C30H41N3O2/c1-3-4-5-6-7-8-9-10-11-14-21-32-28-16-13-12-15-27(28)31-30(32)24-22-29(34)33(23-24)25-17-19-26(35-2)20-18-25/h12-13,15-20,24H,3-11,14,21-23H2,1-2H3/t24-/m1/s1. The summed E-state index contributed by atoms with van der Waals surface area (Å²) in [5, 5.41) is 0. The third-order valence-electron chi connectivity index (χ3n) is 7.29. The van der Waals surface area contributed by atoms with Gasteiger partial charge in [0.1, 0.15) is 11.6 Å². The highest BCUT2D eigenvalue weighted by Gasteiger charge is 2.34. The second-order valence-corrected chi connectivity index (χ2v) is 9.90. The number of aromatic nitrogens is 2. The number of para-hydroxylation sites is 2. The largest absolute Gasteiger partial charge is 0.497 e. The number of benzene rings is 2. The summed E-state index contributed by atoms with van der Waals surface area (Å²) in [6.07, 6.45) is 13.8. The van der Waals surface area contributed by atoms with Gasteiger partial charge in [0.15, 0.2) is 0 Å². The Bertz CT molecular complexity index is 1070. The molecule has 188 valence electrons. The van der Waals surface area contributed by atoms with Gasteiger partial charge in [0.05, 0.1) is 18.1 Å². The molecule has 0 unspecified atom stereocenters. The van der Waals surface area contributed by atoms with Crippen LogP contribution < -0.4 is 9.64 Å². The molecule has 5 heteroatoms. The first-order valence-electron chi connectivity index (χ1n) is 13.6. The SMILES string of the molecule is CCCCCCCCCCCCn1c([C@@H]2CC(=O)N(c3ccc(OC)cc3)C2)nc2ccccc21. The molecule has 0 saturated carbocycles. The highest BCUT2D eigenvalue weighted by molar-refractivity contribution is 5.96. The Balaban J connectivity index is 1.36. The van der Waals surface area contributed by atoms with Crippen molar-refractivity contribution in [2.24, 2.45) is 0 Å². The van der Waals surface area contributed by atoms with E-state index in [-0.39, 0.29) is 11.8 Å². The van der Waals surface area contributed by atoms with Crippen LogP contribution in [0.2, 0.25) is 0 Å². The molecule has 0 N–H and O–H groups in total. The van der Waals surface area contributed by atoms with Crippen molar-refractivity contribution in [3.8, 4) is 5.75 Å². The smallest absolute Gasteiger partial charge is 0.227 e. The maximum atomic E-state index is 12.9. The molecule has 1 aliphatic heterocycles. The molecule has 0 radical (unpaired) electrons. The lowest BCUT2D eigenvalue weighted by atomic mass is 10.1. The van der Waals surface area contributed by atoms with Crippen molar-refractivity contribution in [2.75, 3.05) is 18.6 Å². The number of methoxy groups -OCH3 is 1. The Kier molecular flexibility index (Phi) is 9.21. The maximum absolute atomic E-state index is 12.9. The number of ether oxygens (including phenoxy) is 1. The van der Waals surface area contributed by atoms with Gasteiger partial charge in [0, 0.05) is 31.1 Å². The first-order valence-corrected chi connectivity index (χ1v) is 13.6. The van der Waals surface area contributed by atoms with Gasteiger partial charge in [-0.2, -0.15) is 0 Å². The molecule has 1 saturated heterocycles. The van der Waals surface area contributed by atoms with Crippen molar-refractivity contribution in [3.05, 3.63) is 54.4 Å². The average molecular weight is 476 g/mol. The van der Waals surface area contributed by atoms with E-state index < -0.39 is 0 Å². The van der Waals surface area contributed by atoms with Crippen molar-refractivity contribution >= 4 is 22.6 Å². The molecule has 1 amide bonds. The van der Waals surface area contributed by atoms with E-state index in [0.29, 0.717) is 13.0 Å². The molecule has 3 aromatic rings. The molecule has 1 aliphatic rings.